The number of amides is 1. The molecular formula is C31H28ClNO4. The largest absolute Gasteiger partial charge is 0.495 e. The Morgan fingerprint density at radius 2 is 1.27 bits per heavy atom. The van der Waals surface area contributed by atoms with E-state index in [4.69, 9.17) is 21.1 Å². The van der Waals surface area contributed by atoms with Crippen molar-refractivity contribution in [1.29, 1.82) is 0 Å². The van der Waals surface area contributed by atoms with Crippen LogP contribution in [0.5, 0.6) is 5.75 Å². The summed E-state index contributed by atoms with van der Waals surface area (Å²) in [6, 6.07) is 33.0. The molecule has 0 aliphatic carbocycles. The van der Waals surface area contributed by atoms with Crippen LogP contribution in [0.3, 0.4) is 0 Å². The third kappa shape index (κ3) is 5.37. The van der Waals surface area contributed by atoms with Gasteiger partial charge in [0.25, 0.3) is 0 Å². The van der Waals surface area contributed by atoms with Crippen LogP contribution in [0, 0.1) is 0 Å². The number of carbonyl (C=O) groups is 2. The summed E-state index contributed by atoms with van der Waals surface area (Å²) in [4.78, 5) is 27.4. The van der Waals surface area contributed by atoms with Gasteiger partial charge in [0.05, 0.1) is 19.2 Å². The van der Waals surface area contributed by atoms with Crippen molar-refractivity contribution in [2.45, 2.75) is 17.9 Å². The molecule has 1 amide bonds. The molecule has 0 heterocycles. The van der Waals surface area contributed by atoms with Crippen LogP contribution in [0.1, 0.15) is 22.3 Å². The number of rotatable bonds is 9. The van der Waals surface area contributed by atoms with Gasteiger partial charge in [-0.15, -0.1) is 0 Å². The molecule has 6 heteroatoms. The second kappa shape index (κ2) is 11.8. The predicted molar refractivity (Wildman–Crippen MR) is 145 cm³/mol. The molecule has 0 aromatic heterocycles. The van der Waals surface area contributed by atoms with E-state index < -0.39 is 17.4 Å². The lowest BCUT2D eigenvalue weighted by molar-refractivity contribution is -0.145. The molecule has 0 unspecified atom stereocenters. The maximum atomic E-state index is 14.5. The van der Waals surface area contributed by atoms with Gasteiger partial charge in [-0.05, 0) is 34.4 Å². The molecule has 0 bridgehead atoms. The molecular weight excluding hydrogens is 486 g/mol. The van der Waals surface area contributed by atoms with Crippen molar-refractivity contribution in [1.82, 2.24) is 5.32 Å². The van der Waals surface area contributed by atoms with E-state index in [0.717, 1.165) is 22.3 Å². The lowest BCUT2D eigenvalue weighted by Crippen LogP contribution is -2.52. The summed E-state index contributed by atoms with van der Waals surface area (Å²) in [7, 11) is 2.84. The first kappa shape index (κ1) is 26.0. The SMILES string of the molecule is COC(=O)[C@H](Cc1ccc(OC)c(Cl)c1)NC(=O)C(c1ccccc1)(c1ccccc1)c1ccccc1. The van der Waals surface area contributed by atoms with Crippen molar-refractivity contribution >= 4 is 23.5 Å². The molecule has 5 nitrogen and oxygen atoms in total. The van der Waals surface area contributed by atoms with E-state index in [-0.39, 0.29) is 12.3 Å². The van der Waals surface area contributed by atoms with Gasteiger partial charge in [0.2, 0.25) is 5.91 Å². The second-order valence-corrected chi connectivity index (χ2v) is 8.98. The fraction of sp³-hybridized carbons (Fsp3) is 0.161. The van der Waals surface area contributed by atoms with Crippen LogP contribution in [0.15, 0.2) is 109 Å². The van der Waals surface area contributed by atoms with Crippen LogP contribution in [0.25, 0.3) is 0 Å². The minimum atomic E-state index is -1.21. The van der Waals surface area contributed by atoms with Crippen molar-refractivity contribution in [2.24, 2.45) is 0 Å². The lowest BCUT2D eigenvalue weighted by atomic mass is 9.68. The number of nitrogens with one attached hydrogen (secondary N) is 1. The maximum Gasteiger partial charge on any atom is 0.328 e. The number of esters is 1. The Balaban J connectivity index is 1.82. The van der Waals surface area contributed by atoms with E-state index in [0.29, 0.717) is 10.8 Å². The molecule has 0 aliphatic heterocycles. The number of ether oxygens (including phenoxy) is 2. The van der Waals surface area contributed by atoms with E-state index in [1.807, 2.05) is 97.1 Å². The number of methoxy groups -OCH3 is 2. The van der Waals surface area contributed by atoms with Gasteiger partial charge in [0, 0.05) is 6.42 Å². The van der Waals surface area contributed by atoms with Gasteiger partial charge in [-0.2, -0.15) is 0 Å². The van der Waals surface area contributed by atoms with Gasteiger partial charge in [0.1, 0.15) is 17.2 Å². The summed E-state index contributed by atoms with van der Waals surface area (Å²) in [5, 5.41) is 3.43. The molecule has 188 valence electrons. The molecule has 0 saturated heterocycles. The highest BCUT2D eigenvalue weighted by Crippen LogP contribution is 2.39. The fourth-order valence-electron chi connectivity index (χ4n) is 4.63. The van der Waals surface area contributed by atoms with Gasteiger partial charge >= 0.3 is 5.97 Å². The van der Waals surface area contributed by atoms with E-state index >= 15 is 0 Å². The normalized spacial score (nSPS) is 11.9. The van der Waals surface area contributed by atoms with Gasteiger partial charge in [-0.1, -0.05) is 109 Å². The van der Waals surface area contributed by atoms with Crippen LogP contribution in [-0.4, -0.2) is 32.1 Å². The highest BCUT2D eigenvalue weighted by Gasteiger charge is 2.45. The standard InChI is InChI=1S/C31H28ClNO4/c1-36-28-19-18-22(20-26(28)32)21-27(29(34)37-2)33-30(35)31(23-12-6-3-7-13-23,24-14-8-4-9-15-24)25-16-10-5-11-17-25/h3-20,27H,21H2,1-2H3,(H,33,35)/t27-/m0/s1. The zero-order valence-electron chi connectivity index (χ0n) is 20.7. The lowest BCUT2D eigenvalue weighted by Gasteiger charge is -2.35. The molecule has 4 aromatic rings. The summed E-state index contributed by atoms with van der Waals surface area (Å²) in [5.74, 6) is -0.366. The van der Waals surface area contributed by atoms with Crippen molar-refractivity contribution in [3.63, 3.8) is 0 Å². The van der Waals surface area contributed by atoms with E-state index in [1.165, 1.54) is 14.2 Å². The third-order valence-corrected chi connectivity index (χ3v) is 6.70. The van der Waals surface area contributed by atoms with Crippen LogP contribution in [0.2, 0.25) is 5.02 Å². The van der Waals surface area contributed by atoms with Crippen LogP contribution in [0.4, 0.5) is 0 Å². The zero-order valence-corrected chi connectivity index (χ0v) is 21.4. The molecule has 4 aromatic carbocycles. The summed E-state index contributed by atoms with van der Waals surface area (Å²) in [6.07, 6.45) is 0.191. The smallest absolute Gasteiger partial charge is 0.328 e. The Labute approximate surface area is 222 Å². The molecule has 37 heavy (non-hydrogen) atoms. The van der Waals surface area contributed by atoms with Crippen LogP contribution < -0.4 is 10.1 Å². The number of hydrogen-bond acceptors (Lipinski definition) is 4. The fourth-order valence-corrected chi connectivity index (χ4v) is 4.91. The molecule has 0 saturated carbocycles. The summed E-state index contributed by atoms with van der Waals surface area (Å²) in [5.41, 5.74) is 1.88. The number of benzene rings is 4. The predicted octanol–water partition coefficient (Wildman–Crippen LogP) is 5.58. The number of carbonyl (C=O) groups excluding carboxylic acids is 2. The first-order chi connectivity index (χ1) is 18.0. The van der Waals surface area contributed by atoms with Gasteiger partial charge in [-0.25, -0.2) is 4.79 Å². The monoisotopic (exact) mass is 513 g/mol. The van der Waals surface area contributed by atoms with Crippen LogP contribution in [-0.2, 0) is 26.2 Å². The number of hydrogen-bond donors (Lipinski definition) is 1. The average Bonchev–Trinajstić information content (AvgIpc) is 2.94. The van der Waals surface area contributed by atoms with Crippen molar-refractivity contribution in [3.05, 3.63) is 136 Å². The highest BCUT2D eigenvalue weighted by molar-refractivity contribution is 6.32. The first-order valence-corrected chi connectivity index (χ1v) is 12.3. The van der Waals surface area contributed by atoms with Crippen molar-refractivity contribution in [3.8, 4) is 5.75 Å². The minimum Gasteiger partial charge on any atom is -0.495 e. The Bertz CT molecular complexity index is 1250. The average molecular weight is 514 g/mol. The minimum absolute atomic E-state index is 0.191. The Morgan fingerprint density at radius 1 is 0.784 bits per heavy atom. The molecule has 1 atom stereocenters. The van der Waals surface area contributed by atoms with Gasteiger partial charge in [-0.3, -0.25) is 4.79 Å². The second-order valence-electron chi connectivity index (χ2n) is 8.57. The molecule has 4 rings (SSSR count). The molecule has 1 N–H and O–H groups in total. The topological polar surface area (TPSA) is 64.6 Å². The maximum absolute atomic E-state index is 14.5. The van der Waals surface area contributed by atoms with Gasteiger partial charge in [0.15, 0.2) is 0 Å². The van der Waals surface area contributed by atoms with E-state index in [2.05, 4.69) is 5.32 Å². The zero-order chi connectivity index (χ0) is 26.3. The van der Waals surface area contributed by atoms with E-state index in [9.17, 15) is 9.59 Å². The Hall–Kier alpha value is -4.09. The summed E-state index contributed by atoms with van der Waals surface area (Å²) < 4.78 is 10.3. The number of halogens is 1. The first-order valence-electron chi connectivity index (χ1n) is 11.9. The molecule has 0 aliphatic rings. The summed E-state index contributed by atoms with van der Waals surface area (Å²) >= 11 is 6.32. The highest BCUT2D eigenvalue weighted by atomic mass is 35.5. The Kier molecular flexibility index (Phi) is 8.26. The summed E-state index contributed by atoms with van der Waals surface area (Å²) in [6.45, 7) is 0. The Morgan fingerprint density at radius 3 is 1.68 bits per heavy atom. The molecule has 0 radical (unpaired) electrons. The quantitative estimate of drug-likeness (QED) is 0.234. The molecule has 0 spiro atoms. The van der Waals surface area contributed by atoms with Crippen LogP contribution >= 0.6 is 11.6 Å². The van der Waals surface area contributed by atoms with Crippen molar-refractivity contribution < 1.29 is 19.1 Å². The van der Waals surface area contributed by atoms with Gasteiger partial charge < -0.3 is 14.8 Å². The molecule has 0 fully saturated rings. The van der Waals surface area contributed by atoms with E-state index in [1.54, 1.807) is 12.1 Å². The third-order valence-electron chi connectivity index (χ3n) is 6.41. The van der Waals surface area contributed by atoms with Crippen molar-refractivity contribution in [2.75, 3.05) is 14.2 Å².